The lowest BCUT2D eigenvalue weighted by molar-refractivity contribution is 0.406. The number of nitrogen functional groups attached to an aromatic ring is 1. The van der Waals surface area contributed by atoms with Gasteiger partial charge in [0.15, 0.2) is 0 Å². The Bertz CT molecular complexity index is 691. The van der Waals surface area contributed by atoms with Crippen LogP contribution in [0.1, 0.15) is 5.76 Å². The van der Waals surface area contributed by atoms with Crippen LogP contribution in [0.15, 0.2) is 48.8 Å². The van der Waals surface area contributed by atoms with Crippen molar-refractivity contribution >= 4 is 47.6 Å². The summed E-state index contributed by atoms with van der Waals surface area (Å²) in [5.74, 6) is 0.558. The minimum Gasteiger partial charge on any atom is -0.468 e. The molecule has 8 heteroatoms. The maximum absolute atomic E-state index is 12.6. The Morgan fingerprint density at radius 2 is 2.05 bits per heavy atom. The van der Waals surface area contributed by atoms with Gasteiger partial charge < -0.3 is 10.2 Å². The van der Waals surface area contributed by atoms with Crippen molar-refractivity contribution in [1.82, 2.24) is 4.31 Å². The molecule has 20 heavy (non-hydrogen) atoms. The van der Waals surface area contributed by atoms with Gasteiger partial charge in [-0.3, -0.25) is 0 Å². The molecule has 5 nitrogen and oxygen atoms in total. The van der Waals surface area contributed by atoms with Gasteiger partial charge in [-0.2, -0.15) is 4.31 Å². The largest absolute Gasteiger partial charge is 0.468 e. The fraction of sp³-hybridized carbons (Fsp3) is 0.167. The predicted octanol–water partition coefficient (Wildman–Crippen LogP) is 3.21. The molecule has 2 aromatic rings. The molecule has 1 aromatic carbocycles. The van der Waals surface area contributed by atoms with Crippen molar-refractivity contribution < 1.29 is 12.8 Å². The maximum Gasteiger partial charge on any atom is 0.246 e. The lowest BCUT2D eigenvalue weighted by Gasteiger charge is -2.18. The first-order chi connectivity index (χ1) is 9.32. The van der Waals surface area contributed by atoms with Crippen molar-refractivity contribution in [3.8, 4) is 0 Å². The SMILES string of the molecule is CN(Cc1ccco1)S(=O)(=O)c1c(N)cc(Br)cc1Br. The van der Waals surface area contributed by atoms with Crippen LogP contribution in [0.3, 0.4) is 0 Å². The number of nitrogens with two attached hydrogens (primary N) is 1. The van der Waals surface area contributed by atoms with Gasteiger partial charge in [-0.15, -0.1) is 0 Å². The molecular formula is C12H12Br2N2O3S. The molecule has 0 fully saturated rings. The summed E-state index contributed by atoms with van der Waals surface area (Å²) in [5, 5.41) is 0. The van der Waals surface area contributed by atoms with Crippen LogP contribution in [0.4, 0.5) is 5.69 Å². The van der Waals surface area contributed by atoms with Crippen LogP contribution in [0.2, 0.25) is 0 Å². The molecule has 1 aromatic heterocycles. The monoisotopic (exact) mass is 422 g/mol. The molecule has 0 radical (unpaired) electrons. The van der Waals surface area contributed by atoms with Gasteiger partial charge in [0.2, 0.25) is 10.0 Å². The highest BCUT2D eigenvalue weighted by molar-refractivity contribution is 9.11. The van der Waals surface area contributed by atoms with E-state index in [2.05, 4.69) is 31.9 Å². The van der Waals surface area contributed by atoms with Crippen molar-refractivity contribution in [2.24, 2.45) is 0 Å². The second-order valence-electron chi connectivity index (χ2n) is 4.15. The van der Waals surface area contributed by atoms with Crippen molar-refractivity contribution in [1.29, 1.82) is 0 Å². The summed E-state index contributed by atoms with van der Waals surface area (Å²) < 4.78 is 32.6. The van der Waals surface area contributed by atoms with Gasteiger partial charge in [0.25, 0.3) is 0 Å². The number of sulfonamides is 1. The van der Waals surface area contributed by atoms with Crippen LogP contribution in [-0.2, 0) is 16.6 Å². The molecule has 2 N–H and O–H groups in total. The van der Waals surface area contributed by atoms with Crippen LogP contribution in [0, 0.1) is 0 Å². The molecule has 0 aliphatic heterocycles. The molecule has 0 aliphatic carbocycles. The first-order valence-corrected chi connectivity index (χ1v) is 8.58. The Kier molecular flexibility index (Phi) is 4.58. The van der Waals surface area contributed by atoms with Gasteiger partial charge in [0.1, 0.15) is 10.7 Å². The summed E-state index contributed by atoms with van der Waals surface area (Å²) in [4.78, 5) is 0.0507. The zero-order valence-electron chi connectivity index (χ0n) is 10.5. The Morgan fingerprint density at radius 3 is 2.60 bits per heavy atom. The number of halogens is 2. The Morgan fingerprint density at radius 1 is 1.35 bits per heavy atom. The Balaban J connectivity index is 2.40. The molecule has 108 valence electrons. The summed E-state index contributed by atoms with van der Waals surface area (Å²) in [7, 11) is -2.23. The molecule has 0 amide bonds. The number of hydrogen-bond acceptors (Lipinski definition) is 4. The topological polar surface area (TPSA) is 76.5 Å². The van der Waals surface area contributed by atoms with Gasteiger partial charge in [0.05, 0.1) is 18.5 Å². The highest BCUT2D eigenvalue weighted by Crippen LogP contribution is 2.33. The normalized spacial score (nSPS) is 12.0. The summed E-state index contributed by atoms with van der Waals surface area (Å²) in [6.07, 6.45) is 1.50. The third kappa shape index (κ3) is 3.08. The van der Waals surface area contributed by atoms with E-state index >= 15 is 0 Å². The number of benzene rings is 1. The fourth-order valence-electron chi connectivity index (χ4n) is 1.72. The highest BCUT2D eigenvalue weighted by atomic mass is 79.9. The number of furan rings is 1. The van der Waals surface area contributed by atoms with Gasteiger partial charge in [-0.25, -0.2) is 8.42 Å². The van der Waals surface area contributed by atoms with Gasteiger partial charge in [-0.1, -0.05) is 15.9 Å². The highest BCUT2D eigenvalue weighted by Gasteiger charge is 2.27. The molecule has 0 unspecified atom stereocenters. The van der Waals surface area contributed by atoms with E-state index in [4.69, 9.17) is 10.2 Å². The Hall–Kier alpha value is -0.830. The van der Waals surface area contributed by atoms with Crippen LogP contribution >= 0.6 is 31.9 Å². The van der Waals surface area contributed by atoms with E-state index in [1.165, 1.54) is 17.6 Å². The quantitative estimate of drug-likeness (QED) is 0.766. The number of rotatable bonds is 4. The summed E-state index contributed by atoms with van der Waals surface area (Å²) in [6, 6.07) is 6.62. The van der Waals surface area contributed by atoms with Crippen LogP contribution in [0.25, 0.3) is 0 Å². The van der Waals surface area contributed by atoms with E-state index in [1.807, 2.05) is 0 Å². The Labute approximate surface area is 134 Å². The molecule has 0 aliphatic rings. The van der Waals surface area contributed by atoms with Crippen molar-refractivity contribution in [2.45, 2.75) is 11.4 Å². The lowest BCUT2D eigenvalue weighted by atomic mass is 10.3. The number of nitrogens with zero attached hydrogens (tertiary/aromatic N) is 1. The number of anilines is 1. The maximum atomic E-state index is 12.6. The first kappa shape index (κ1) is 15.6. The molecule has 0 saturated carbocycles. The molecule has 1 heterocycles. The van der Waals surface area contributed by atoms with Crippen LogP contribution in [-0.4, -0.2) is 19.8 Å². The molecule has 2 rings (SSSR count). The number of hydrogen-bond donors (Lipinski definition) is 1. The van der Waals surface area contributed by atoms with E-state index in [0.29, 0.717) is 14.7 Å². The zero-order chi connectivity index (χ0) is 14.9. The van der Waals surface area contributed by atoms with Crippen molar-refractivity contribution in [3.63, 3.8) is 0 Å². The van der Waals surface area contributed by atoms with Crippen molar-refractivity contribution in [3.05, 3.63) is 45.2 Å². The standard InChI is InChI=1S/C12H12Br2N2O3S/c1-16(7-9-3-2-4-19-9)20(17,18)12-10(14)5-8(13)6-11(12)15/h2-6H,7,15H2,1H3. The molecule has 0 spiro atoms. The molecule has 0 atom stereocenters. The second-order valence-corrected chi connectivity index (χ2v) is 7.90. The minimum absolute atomic E-state index is 0.0507. The average Bonchev–Trinajstić information content (AvgIpc) is 2.79. The second kappa shape index (κ2) is 5.88. The van der Waals surface area contributed by atoms with Crippen LogP contribution in [0.5, 0.6) is 0 Å². The molecule has 0 saturated heterocycles. The zero-order valence-corrected chi connectivity index (χ0v) is 14.5. The third-order valence-corrected chi connectivity index (χ3v) is 5.93. The van der Waals surface area contributed by atoms with Crippen molar-refractivity contribution in [2.75, 3.05) is 12.8 Å². The van der Waals surface area contributed by atoms with E-state index in [9.17, 15) is 8.42 Å². The van der Waals surface area contributed by atoms with E-state index in [-0.39, 0.29) is 17.1 Å². The third-order valence-electron chi connectivity index (χ3n) is 2.66. The summed E-state index contributed by atoms with van der Waals surface area (Å²) in [5.41, 5.74) is 6.01. The first-order valence-electron chi connectivity index (χ1n) is 5.55. The molecule has 0 bridgehead atoms. The summed E-state index contributed by atoms with van der Waals surface area (Å²) >= 11 is 6.51. The average molecular weight is 424 g/mol. The minimum atomic E-state index is -3.71. The van der Waals surface area contributed by atoms with Gasteiger partial charge >= 0.3 is 0 Å². The molecular weight excluding hydrogens is 412 g/mol. The summed E-state index contributed by atoms with van der Waals surface area (Å²) in [6.45, 7) is 0.136. The van der Waals surface area contributed by atoms with E-state index in [1.54, 1.807) is 24.3 Å². The lowest BCUT2D eigenvalue weighted by Crippen LogP contribution is -2.27. The van der Waals surface area contributed by atoms with Crippen LogP contribution < -0.4 is 5.73 Å². The van der Waals surface area contributed by atoms with E-state index < -0.39 is 10.0 Å². The smallest absolute Gasteiger partial charge is 0.246 e. The van der Waals surface area contributed by atoms with E-state index in [0.717, 1.165) is 0 Å². The predicted molar refractivity (Wildman–Crippen MR) is 83.6 cm³/mol. The fourth-order valence-corrected chi connectivity index (χ4v) is 4.86. The van der Waals surface area contributed by atoms with Gasteiger partial charge in [0, 0.05) is 16.0 Å². The van der Waals surface area contributed by atoms with Gasteiger partial charge in [-0.05, 0) is 40.2 Å².